The molecule has 0 aliphatic carbocycles. The number of pyridine rings is 1. The minimum absolute atomic E-state index is 0.0849. The maximum Gasteiger partial charge on any atom is 0.573 e. The van der Waals surface area contributed by atoms with E-state index in [1.54, 1.807) is 19.2 Å². The van der Waals surface area contributed by atoms with E-state index in [1.807, 2.05) is 31.7 Å². The third-order valence-electron chi connectivity index (χ3n) is 7.16. The van der Waals surface area contributed by atoms with Crippen LogP contribution < -0.4 is 15.3 Å². The van der Waals surface area contributed by atoms with E-state index >= 15 is 0 Å². The highest BCUT2D eigenvalue weighted by atomic mass is 19.4. The summed E-state index contributed by atoms with van der Waals surface area (Å²) in [6.45, 7) is 6.76. The summed E-state index contributed by atoms with van der Waals surface area (Å²) in [4.78, 5) is 25.7. The summed E-state index contributed by atoms with van der Waals surface area (Å²) in [5.74, 6) is -0.989. The molecule has 38 heavy (non-hydrogen) atoms. The molecule has 4 rings (SSSR count). The van der Waals surface area contributed by atoms with Gasteiger partial charge < -0.3 is 9.64 Å². The van der Waals surface area contributed by atoms with Gasteiger partial charge in [-0.15, -0.1) is 13.2 Å². The monoisotopic (exact) mass is 532 g/mol. The number of benzene rings is 1. The molecule has 1 aromatic carbocycles. The molecule has 8 nitrogen and oxygen atoms in total. The highest BCUT2D eigenvalue weighted by molar-refractivity contribution is 5.86. The Labute approximate surface area is 217 Å². The third kappa shape index (κ3) is 5.29. The van der Waals surface area contributed by atoms with Crippen LogP contribution >= 0.6 is 0 Å². The van der Waals surface area contributed by atoms with E-state index in [0.717, 1.165) is 12.1 Å². The summed E-state index contributed by atoms with van der Waals surface area (Å²) < 4.78 is 57.9. The fraction of sp³-hybridized carbons (Fsp3) is 0.462. The Kier molecular flexibility index (Phi) is 7.60. The molecule has 0 bridgehead atoms. The van der Waals surface area contributed by atoms with Crippen LogP contribution in [-0.4, -0.2) is 51.0 Å². The van der Waals surface area contributed by atoms with Crippen molar-refractivity contribution in [3.63, 3.8) is 0 Å². The summed E-state index contributed by atoms with van der Waals surface area (Å²) >= 11 is 0. The third-order valence-corrected chi connectivity index (χ3v) is 7.16. The number of aromatic nitrogens is 3. The maximum atomic E-state index is 14.9. The Hall–Kier alpha value is -3.72. The van der Waals surface area contributed by atoms with Gasteiger partial charge in [-0.05, 0) is 38.0 Å². The van der Waals surface area contributed by atoms with Gasteiger partial charge in [0, 0.05) is 49.9 Å². The SMILES string of the molecule is CC[C@H]1CN(C(C)c2ccc(OC(F)(F)F)cc2F)[C@H](CC)CN1c1nc(=O)n(C)c2ccc(C#N)nc12. The molecule has 1 saturated heterocycles. The number of halogens is 4. The molecule has 0 spiro atoms. The molecule has 1 aliphatic heterocycles. The van der Waals surface area contributed by atoms with Gasteiger partial charge in [0.2, 0.25) is 0 Å². The predicted octanol–water partition coefficient (Wildman–Crippen LogP) is 4.68. The van der Waals surface area contributed by atoms with Crippen molar-refractivity contribution in [3.8, 4) is 11.8 Å². The van der Waals surface area contributed by atoms with Crippen molar-refractivity contribution in [3.05, 3.63) is 57.9 Å². The summed E-state index contributed by atoms with van der Waals surface area (Å²) in [5, 5.41) is 9.38. The van der Waals surface area contributed by atoms with Crippen molar-refractivity contribution >= 4 is 16.9 Å². The van der Waals surface area contributed by atoms with Crippen molar-refractivity contribution in [1.82, 2.24) is 19.4 Å². The molecule has 0 radical (unpaired) electrons. The van der Waals surface area contributed by atoms with Crippen LogP contribution in [0.2, 0.25) is 0 Å². The Morgan fingerprint density at radius 1 is 1.13 bits per heavy atom. The van der Waals surface area contributed by atoms with Crippen molar-refractivity contribution in [1.29, 1.82) is 5.26 Å². The number of hydrogen-bond acceptors (Lipinski definition) is 7. The number of nitrogens with zero attached hydrogens (tertiary/aromatic N) is 6. The fourth-order valence-corrected chi connectivity index (χ4v) is 5.11. The van der Waals surface area contributed by atoms with Gasteiger partial charge in [0.05, 0.1) is 5.52 Å². The van der Waals surface area contributed by atoms with Crippen molar-refractivity contribution in [2.75, 3.05) is 18.0 Å². The smallest absolute Gasteiger partial charge is 0.406 e. The van der Waals surface area contributed by atoms with Crippen LogP contribution in [0.1, 0.15) is 50.9 Å². The zero-order valence-corrected chi connectivity index (χ0v) is 21.5. The van der Waals surface area contributed by atoms with Crippen LogP contribution in [0.4, 0.5) is 23.4 Å². The second kappa shape index (κ2) is 10.6. The molecule has 3 heterocycles. The van der Waals surface area contributed by atoms with Crippen molar-refractivity contribution in [2.24, 2.45) is 7.05 Å². The summed E-state index contributed by atoms with van der Waals surface area (Å²) in [6, 6.07) is 7.81. The minimum atomic E-state index is -4.91. The minimum Gasteiger partial charge on any atom is -0.406 e. The molecule has 1 unspecified atom stereocenters. The molecule has 202 valence electrons. The zero-order chi connectivity index (χ0) is 27.8. The van der Waals surface area contributed by atoms with Gasteiger partial charge in [-0.1, -0.05) is 19.9 Å². The molecule has 3 atom stereocenters. The quantitative estimate of drug-likeness (QED) is 0.426. The van der Waals surface area contributed by atoms with Gasteiger partial charge in [0.15, 0.2) is 5.82 Å². The number of nitriles is 1. The first kappa shape index (κ1) is 27.3. The molecule has 0 saturated carbocycles. The maximum absolute atomic E-state index is 14.9. The first-order valence-corrected chi connectivity index (χ1v) is 12.3. The lowest BCUT2D eigenvalue weighted by molar-refractivity contribution is -0.274. The molecule has 1 fully saturated rings. The molecule has 0 N–H and O–H groups in total. The Morgan fingerprint density at radius 2 is 1.84 bits per heavy atom. The number of ether oxygens (including phenoxy) is 1. The van der Waals surface area contributed by atoms with E-state index in [-0.39, 0.29) is 23.3 Å². The van der Waals surface area contributed by atoms with Gasteiger partial charge in [-0.25, -0.2) is 14.2 Å². The molecule has 1 aliphatic rings. The average molecular weight is 533 g/mol. The number of hydrogen-bond donors (Lipinski definition) is 0. The molecule has 3 aromatic rings. The summed E-state index contributed by atoms with van der Waals surface area (Å²) in [7, 11) is 1.60. The topological polar surface area (TPSA) is 87.3 Å². The van der Waals surface area contributed by atoms with Gasteiger partial charge in [0.25, 0.3) is 0 Å². The van der Waals surface area contributed by atoms with E-state index in [9.17, 15) is 27.6 Å². The van der Waals surface area contributed by atoms with Gasteiger partial charge >= 0.3 is 12.1 Å². The molecule has 2 aromatic heterocycles. The molecular weight excluding hydrogens is 504 g/mol. The largest absolute Gasteiger partial charge is 0.573 e. The highest BCUT2D eigenvalue weighted by Gasteiger charge is 2.38. The lowest BCUT2D eigenvalue weighted by Gasteiger charge is -2.49. The Morgan fingerprint density at radius 3 is 2.45 bits per heavy atom. The van der Waals surface area contributed by atoms with Gasteiger partial charge in [-0.3, -0.25) is 9.47 Å². The molecule has 0 amide bonds. The first-order chi connectivity index (χ1) is 18.0. The standard InChI is InChI=1S/C26H28F4N6O2/c1-5-17-14-36(24-23-22(34(4)25(37)33-24)10-7-16(12-31)32-23)18(6-2)13-35(17)15(3)20-9-8-19(11-21(20)27)38-26(28,29)30/h7-11,15,17-18H,5-6,13-14H2,1-4H3/t15?,17-,18+/m1/s1. The van der Waals surface area contributed by atoms with Gasteiger partial charge in [0.1, 0.15) is 28.8 Å². The number of alkyl halides is 3. The van der Waals surface area contributed by atoms with E-state index in [2.05, 4.69) is 19.6 Å². The highest BCUT2D eigenvalue weighted by Crippen LogP contribution is 2.35. The number of anilines is 1. The fourth-order valence-electron chi connectivity index (χ4n) is 5.11. The lowest BCUT2D eigenvalue weighted by Crippen LogP contribution is -2.59. The lowest BCUT2D eigenvalue weighted by atomic mass is 9.96. The van der Waals surface area contributed by atoms with E-state index in [4.69, 9.17) is 0 Å². The molecule has 12 heteroatoms. The van der Waals surface area contributed by atoms with Crippen molar-refractivity contribution in [2.45, 2.75) is 58.1 Å². The molecular formula is C26H28F4N6O2. The Bertz CT molecular complexity index is 1430. The number of piperazine rings is 1. The van der Waals surface area contributed by atoms with Crippen LogP contribution in [-0.2, 0) is 7.05 Å². The van der Waals surface area contributed by atoms with Crippen LogP contribution in [0.5, 0.6) is 5.75 Å². The van der Waals surface area contributed by atoms with Crippen LogP contribution in [0.25, 0.3) is 11.0 Å². The van der Waals surface area contributed by atoms with E-state index < -0.39 is 29.7 Å². The van der Waals surface area contributed by atoms with Crippen molar-refractivity contribution < 1.29 is 22.3 Å². The number of aryl methyl sites for hydroxylation is 1. The van der Waals surface area contributed by atoms with Crippen LogP contribution in [0.15, 0.2) is 35.1 Å². The van der Waals surface area contributed by atoms with E-state index in [0.29, 0.717) is 42.8 Å². The Balaban J connectivity index is 1.69. The average Bonchev–Trinajstić information content (AvgIpc) is 2.88. The second-order valence-electron chi connectivity index (χ2n) is 9.33. The van der Waals surface area contributed by atoms with Crippen LogP contribution in [0, 0.1) is 17.1 Å². The van der Waals surface area contributed by atoms with Crippen LogP contribution in [0.3, 0.4) is 0 Å². The predicted molar refractivity (Wildman–Crippen MR) is 133 cm³/mol. The summed E-state index contributed by atoms with van der Waals surface area (Å²) in [5.41, 5.74) is 1.04. The first-order valence-electron chi connectivity index (χ1n) is 12.3. The van der Waals surface area contributed by atoms with E-state index in [1.165, 1.54) is 10.6 Å². The number of rotatable bonds is 6. The normalized spacial score (nSPS) is 19.4. The zero-order valence-electron chi connectivity index (χ0n) is 21.5. The van der Waals surface area contributed by atoms with Gasteiger partial charge in [-0.2, -0.15) is 10.2 Å². The summed E-state index contributed by atoms with van der Waals surface area (Å²) in [6.07, 6.45) is -3.54. The number of fused-ring (bicyclic) bond motifs is 1. The second-order valence-corrected chi connectivity index (χ2v) is 9.33.